The Morgan fingerprint density at radius 3 is 2.34 bits per heavy atom. The average Bonchev–Trinajstić information content (AvgIpc) is 3.36. The van der Waals surface area contributed by atoms with Crippen molar-refractivity contribution >= 4 is 42.1 Å². The number of aryl methyl sites for hydroxylation is 1. The van der Waals surface area contributed by atoms with Gasteiger partial charge in [0.2, 0.25) is 5.91 Å². The quantitative estimate of drug-likeness (QED) is 0.454. The number of amides is 1. The van der Waals surface area contributed by atoms with Crippen LogP contribution in [0.2, 0.25) is 0 Å². The minimum Gasteiger partial charge on any atom is -0.372 e. The molecule has 3 heterocycles. The van der Waals surface area contributed by atoms with E-state index in [1.165, 1.54) is 24.1 Å². The lowest BCUT2D eigenvalue weighted by atomic mass is 10.1. The third-order valence-corrected chi connectivity index (χ3v) is 5.87. The van der Waals surface area contributed by atoms with Crippen LogP contribution in [0.4, 0.5) is 5.69 Å². The van der Waals surface area contributed by atoms with Gasteiger partial charge >= 0.3 is 0 Å². The monoisotopic (exact) mass is 476 g/mol. The second-order valence-corrected chi connectivity index (χ2v) is 8.93. The normalized spacial score (nSPS) is 13.2. The van der Waals surface area contributed by atoms with Gasteiger partial charge in [0.25, 0.3) is 0 Å². The van der Waals surface area contributed by atoms with E-state index < -0.39 is 0 Å². The Morgan fingerprint density at radius 1 is 1.06 bits per heavy atom. The first-order valence-electron chi connectivity index (χ1n) is 11.0. The molecule has 4 rings (SSSR count). The highest BCUT2D eigenvalue weighted by molar-refractivity contribution is 5.85. The number of nitrogens with zero attached hydrogens (tertiary/aromatic N) is 4. The Balaban J connectivity index is 0.00000181. The number of rotatable bonds is 6. The molecule has 1 saturated heterocycles. The highest BCUT2D eigenvalue weighted by atomic mass is 35.5. The number of carbonyl (C=O) groups is 1. The summed E-state index contributed by atoms with van der Waals surface area (Å²) in [5.74, 6) is 0.518. The molecule has 0 N–H and O–H groups in total. The van der Waals surface area contributed by atoms with Crippen LogP contribution < -0.4 is 4.90 Å². The molecular formula is C25H34Cl2N4O. The first-order valence-corrected chi connectivity index (χ1v) is 11.0. The van der Waals surface area contributed by atoms with Gasteiger partial charge < -0.3 is 14.2 Å². The third kappa shape index (κ3) is 5.57. The topological polar surface area (TPSA) is 40.9 Å². The number of anilines is 1. The van der Waals surface area contributed by atoms with Gasteiger partial charge in [0.1, 0.15) is 5.65 Å². The highest BCUT2D eigenvalue weighted by Gasteiger charge is 2.19. The molecule has 1 fully saturated rings. The molecule has 7 heteroatoms. The van der Waals surface area contributed by atoms with E-state index >= 15 is 0 Å². The summed E-state index contributed by atoms with van der Waals surface area (Å²) in [6.45, 7) is 9.07. The Kier molecular flexibility index (Phi) is 8.99. The van der Waals surface area contributed by atoms with Crippen molar-refractivity contribution in [3.8, 4) is 11.3 Å². The van der Waals surface area contributed by atoms with Gasteiger partial charge in [-0.3, -0.25) is 4.79 Å². The van der Waals surface area contributed by atoms with Gasteiger partial charge in [-0.1, -0.05) is 32.0 Å². The van der Waals surface area contributed by atoms with Crippen LogP contribution in [0.5, 0.6) is 0 Å². The molecule has 2 aromatic heterocycles. The average molecular weight is 477 g/mol. The van der Waals surface area contributed by atoms with E-state index in [1.54, 1.807) is 0 Å². The summed E-state index contributed by atoms with van der Waals surface area (Å²) in [4.78, 5) is 21.8. The molecule has 0 bridgehead atoms. The van der Waals surface area contributed by atoms with E-state index in [-0.39, 0.29) is 30.7 Å². The van der Waals surface area contributed by atoms with Crippen LogP contribution in [-0.4, -0.2) is 40.3 Å². The zero-order valence-electron chi connectivity index (χ0n) is 19.4. The maximum Gasteiger partial charge on any atom is 0.222 e. The fraction of sp³-hybridized carbons (Fsp3) is 0.440. The van der Waals surface area contributed by atoms with Crippen LogP contribution in [0.1, 0.15) is 44.4 Å². The van der Waals surface area contributed by atoms with Gasteiger partial charge in [0.15, 0.2) is 0 Å². The predicted molar refractivity (Wildman–Crippen MR) is 137 cm³/mol. The molecule has 1 aliphatic heterocycles. The standard InChI is InChI=1S/C25H32N4O.2ClH/c1-18(2)15-24(30)27(4)17-22-25(26-23-12-7-19(3)16-29(22)23)20-8-10-21(11-9-20)28-13-5-6-14-28;;/h7-12,16,18H,5-6,13-15,17H2,1-4H3;2*1H. The van der Waals surface area contributed by atoms with Crippen molar-refractivity contribution in [3.63, 3.8) is 0 Å². The maximum atomic E-state index is 12.6. The van der Waals surface area contributed by atoms with Crippen LogP contribution in [-0.2, 0) is 11.3 Å². The molecule has 1 aliphatic rings. The first kappa shape index (κ1) is 26.0. The highest BCUT2D eigenvalue weighted by Crippen LogP contribution is 2.29. The van der Waals surface area contributed by atoms with E-state index in [0.717, 1.165) is 35.7 Å². The summed E-state index contributed by atoms with van der Waals surface area (Å²) in [7, 11) is 1.89. The second kappa shape index (κ2) is 11.1. The van der Waals surface area contributed by atoms with E-state index in [2.05, 4.69) is 72.7 Å². The maximum absolute atomic E-state index is 12.6. The van der Waals surface area contributed by atoms with E-state index in [9.17, 15) is 4.79 Å². The zero-order valence-corrected chi connectivity index (χ0v) is 21.0. The molecule has 32 heavy (non-hydrogen) atoms. The van der Waals surface area contributed by atoms with Gasteiger partial charge in [0, 0.05) is 44.0 Å². The third-order valence-electron chi connectivity index (χ3n) is 5.87. The smallest absolute Gasteiger partial charge is 0.222 e. The Bertz CT molecular complexity index is 1040. The van der Waals surface area contributed by atoms with E-state index in [4.69, 9.17) is 4.98 Å². The van der Waals surface area contributed by atoms with Crippen molar-refractivity contribution in [2.75, 3.05) is 25.0 Å². The summed E-state index contributed by atoms with van der Waals surface area (Å²) in [6.07, 6.45) is 5.22. The molecule has 0 saturated carbocycles. The summed E-state index contributed by atoms with van der Waals surface area (Å²) in [5, 5.41) is 0. The molecule has 0 spiro atoms. The number of hydrogen-bond acceptors (Lipinski definition) is 3. The number of fused-ring (bicyclic) bond motifs is 1. The molecular weight excluding hydrogens is 443 g/mol. The minimum absolute atomic E-state index is 0. The summed E-state index contributed by atoms with van der Waals surface area (Å²) in [6, 6.07) is 12.9. The Labute approximate surface area is 203 Å². The molecule has 1 aromatic carbocycles. The zero-order chi connectivity index (χ0) is 21.3. The molecule has 0 unspecified atom stereocenters. The van der Waals surface area contributed by atoms with Crippen molar-refractivity contribution in [1.29, 1.82) is 0 Å². The van der Waals surface area contributed by atoms with Crippen LogP contribution in [0, 0.1) is 12.8 Å². The summed E-state index contributed by atoms with van der Waals surface area (Å²) < 4.78 is 2.14. The van der Waals surface area contributed by atoms with Gasteiger partial charge in [-0.05, 0) is 49.4 Å². The summed E-state index contributed by atoms with van der Waals surface area (Å²) >= 11 is 0. The fourth-order valence-electron chi connectivity index (χ4n) is 4.21. The predicted octanol–water partition coefficient (Wildman–Crippen LogP) is 5.76. The molecule has 0 radical (unpaired) electrons. The number of aromatic nitrogens is 2. The minimum atomic E-state index is 0. The van der Waals surface area contributed by atoms with Gasteiger partial charge in [-0.15, -0.1) is 24.8 Å². The fourth-order valence-corrected chi connectivity index (χ4v) is 4.21. The number of carbonyl (C=O) groups excluding carboxylic acids is 1. The van der Waals surface area contributed by atoms with Crippen molar-refractivity contribution in [2.24, 2.45) is 5.92 Å². The van der Waals surface area contributed by atoms with Crippen molar-refractivity contribution < 1.29 is 4.79 Å². The van der Waals surface area contributed by atoms with E-state index in [1.807, 2.05) is 11.9 Å². The number of halogens is 2. The summed E-state index contributed by atoms with van der Waals surface area (Å²) in [5.41, 5.74) is 6.48. The molecule has 0 aliphatic carbocycles. The molecule has 174 valence electrons. The second-order valence-electron chi connectivity index (χ2n) is 8.93. The number of hydrogen-bond donors (Lipinski definition) is 0. The molecule has 1 amide bonds. The van der Waals surface area contributed by atoms with Crippen molar-refractivity contribution in [3.05, 3.63) is 53.9 Å². The SMILES string of the molecule is Cc1ccc2nc(-c3ccc(N4CCCC4)cc3)c(CN(C)C(=O)CC(C)C)n2c1.Cl.Cl. The Morgan fingerprint density at radius 2 is 1.72 bits per heavy atom. The number of pyridine rings is 1. The largest absolute Gasteiger partial charge is 0.372 e. The lowest BCUT2D eigenvalue weighted by molar-refractivity contribution is -0.131. The van der Waals surface area contributed by atoms with Crippen molar-refractivity contribution in [2.45, 2.75) is 46.6 Å². The van der Waals surface area contributed by atoms with Gasteiger partial charge in [-0.2, -0.15) is 0 Å². The molecule has 5 nitrogen and oxygen atoms in total. The molecule has 0 atom stereocenters. The van der Waals surface area contributed by atoms with Crippen molar-refractivity contribution in [1.82, 2.24) is 14.3 Å². The first-order chi connectivity index (χ1) is 14.4. The van der Waals surface area contributed by atoms with Crippen LogP contribution in [0.15, 0.2) is 42.6 Å². The van der Waals surface area contributed by atoms with Crippen LogP contribution in [0.25, 0.3) is 16.9 Å². The van der Waals surface area contributed by atoms with Crippen LogP contribution in [0.3, 0.4) is 0 Å². The lowest BCUT2D eigenvalue weighted by Gasteiger charge is -2.20. The number of imidazole rings is 1. The van der Waals surface area contributed by atoms with Gasteiger partial charge in [-0.25, -0.2) is 4.98 Å². The van der Waals surface area contributed by atoms with Crippen LogP contribution >= 0.6 is 24.8 Å². The van der Waals surface area contributed by atoms with Gasteiger partial charge in [0.05, 0.1) is 17.9 Å². The number of benzene rings is 1. The molecule has 3 aromatic rings. The van der Waals surface area contributed by atoms with E-state index in [0.29, 0.717) is 18.9 Å². The Hall–Kier alpha value is -2.24. The lowest BCUT2D eigenvalue weighted by Crippen LogP contribution is -2.28.